The minimum atomic E-state index is 0.242. The highest BCUT2D eigenvalue weighted by Crippen LogP contribution is 2.51. The van der Waals surface area contributed by atoms with Crippen LogP contribution >= 0.6 is 0 Å². The summed E-state index contributed by atoms with van der Waals surface area (Å²) in [5.74, 6) is 0.553. The van der Waals surface area contributed by atoms with Crippen LogP contribution in [0.15, 0.2) is 60.7 Å². The largest absolute Gasteiger partial charge is 0.310 e. The number of benzene rings is 3. The van der Waals surface area contributed by atoms with Gasteiger partial charge in [0.25, 0.3) is 0 Å². The fourth-order valence-electron chi connectivity index (χ4n) is 4.36. The zero-order valence-corrected chi connectivity index (χ0v) is 16.7. The van der Waals surface area contributed by atoms with Crippen LogP contribution in [0, 0.1) is 0 Å². The molecule has 0 saturated carbocycles. The molecular weight excluding hydrogens is 326 g/mol. The highest BCUT2D eigenvalue weighted by molar-refractivity contribution is 5.80. The van der Waals surface area contributed by atoms with Crippen molar-refractivity contribution in [1.82, 2.24) is 0 Å². The molecular formula is C26H27N. The number of hydrogen-bond donors (Lipinski definition) is 0. The van der Waals surface area contributed by atoms with Crippen molar-refractivity contribution in [3.63, 3.8) is 0 Å². The Labute approximate surface area is 162 Å². The molecule has 2 aliphatic carbocycles. The van der Waals surface area contributed by atoms with Crippen molar-refractivity contribution in [2.45, 2.75) is 51.9 Å². The number of anilines is 3. The van der Waals surface area contributed by atoms with Gasteiger partial charge in [-0.2, -0.15) is 0 Å². The van der Waals surface area contributed by atoms with E-state index >= 15 is 0 Å². The van der Waals surface area contributed by atoms with Crippen LogP contribution in [0.1, 0.15) is 61.4 Å². The van der Waals surface area contributed by atoms with E-state index in [-0.39, 0.29) is 5.41 Å². The van der Waals surface area contributed by atoms with Crippen molar-refractivity contribution >= 4 is 17.1 Å². The first-order valence-electron chi connectivity index (χ1n) is 10.1. The third-order valence-corrected chi connectivity index (χ3v) is 6.48. The molecule has 0 spiro atoms. The Kier molecular flexibility index (Phi) is 3.53. The van der Waals surface area contributed by atoms with E-state index in [9.17, 15) is 0 Å². The van der Waals surface area contributed by atoms with Crippen molar-refractivity contribution in [2.24, 2.45) is 0 Å². The van der Waals surface area contributed by atoms with Crippen LogP contribution < -0.4 is 4.90 Å². The lowest BCUT2D eigenvalue weighted by atomic mass is 9.88. The molecule has 3 aromatic carbocycles. The van der Waals surface area contributed by atoms with Gasteiger partial charge in [-0.15, -0.1) is 0 Å². The number of hydrogen-bond acceptors (Lipinski definition) is 1. The quantitative estimate of drug-likeness (QED) is 0.487. The highest BCUT2D eigenvalue weighted by atomic mass is 15.1. The van der Waals surface area contributed by atoms with Crippen LogP contribution in [0.25, 0.3) is 0 Å². The topological polar surface area (TPSA) is 3.24 Å². The van der Waals surface area contributed by atoms with Gasteiger partial charge in [0.2, 0.25) is 0 Å². The van der Waals surface area contributed by atoms with E-state index in [1.165, 1.54) is 57.7 Å². The summed E-state index contributed by atoms with van der Waals surface area (Å²) < 4.78 is 0. The Hall–Kier alpha value is -2.54. The van der Waals surface area contributed by atoms with Gasteiger partial charge in [0.05, 0.1) is 0 Å². The van der Waals surface area contributed by atoms with Crippen molar-refractivity contribution in [3.8, 4) is 0 Å². The third-order valence-electron chi connectivity index (χ3n) is 6.48. The van der Waals surface area contributed by atoms with E-state index in [4.69, 9.17) is 0 Å². The van der Waals surface area contributed by atoms with Crippen LogP contribution in [0.2, 0.25) is 0 Å². The number of fused-ring (bicyclic) bond motifs is 2. The maximum Gasteiger partial charge on any atom is 0.0464 e. The van der Waals surface area contributed by atoms with Gasteiger partial charge in [-0.05, 0) is 83.0 Å². The van der Waals surface area contributed by atoms with Crippen LogP contribution in [0.4, 0.5) is 17.1 Å². The van der Waals surface area contributed by atoms with E-state index in [2.05, 4.69) is 93.3 Å². The summed E-state index contributed by atoms with van der Waals surface area (Å²) in [4.78, 5) is 2.41. The second-order valence-corrected chi connectivity index (χ2v) is 8.89. The Morgan fingerprint density at radius 3 is 1.93 bits per heavy atom. The van der Waals surface area contributed by atoms with E-state index in [0.29, 0.717) is 5.92 Å². The van der Waals surface area contributed by atoms with E-state index < -0.39 is 0 Å². The van der Waals surface area contributed by atoms with Crippen LogP contribution in [0.3, 0.4) is 0 Å². The van der Waals surface area contributed by atoms with Gasteiger partial charge < -0.3 is 4.90 Å². The first-order valence-corrected chi connectivity index (χ1v) is 10.1. The summed E-state index contributed by atoms with van der Waals surface area (Å²) in [5, 5.41) is 0. The maximum atomic E-state index is 2.41. The Balaban J connectivity index is 1.61. The van der Waals surface area contributed by atoms with Crippen molar-refractivity contribution in [3.05, 3.63) is 88.5 Å². The fraction of sp³-hybridized carbons (Fsp3) is 0.308. The predicted octanol–water partition coefficient (Wildman–Crippen LogP) is 7.02. The summed E-state index contributed by atoms with van der Waals surface area (Å²) in [6, 6.07) is 23.0. The van der Waals surface area contributed by atoms with E-state index in [1.807, 2.05) is 0 Å². The van der Waals surface area contributed by atoms with Gasteiger partial charge in [0.1, 0.15) is 0 Å². The number of rotatable bonds is 4. The summed E-state index contributed by atoms with van der Waals surface area (Å²) >= 11 is 0. The smallest absolute Gasteiger partial charge is 0.0464 e. The van der Waals surface area contributed by atoms with Crippen molar-refractivity contribution in [1.29, 1.82) is 0 Å². The molecule has 0 N–H and O–H groups in total. The second kappa shape index (κ2) is 5.73. The molecule has 0 unspecified atom stereocenters. The monoisotopic (exact) mass is 353 g/mol. The molecule has 0 aliphatic heterocycles. The lowest BCUT2D eigenvalue weighted by Gasteiger charge is -2.28. The van der Waals surface area contributed by atoms with E-state index in [1.54, 1.807) is 0 Å². The van der Waals surface area contributed by atoms with Crippen molar-refractivity contribution < 1.29 is 0 Å². The molecule has 0 heterocycles. The Bertz CT molecular complexity index is 1020. The number of nitrogens with zero attached hydrogens (tertiary/aromatic N) is 1. The lowest BCUT2D eigenvalue weighted by Crippen LogP contribution is -2.14. The van der Waals surface area contributed by atoms with Crippen LogP contribution in [-0.2, 0) is 18.3 Å². The SMILES string of the molecule is CC(C)c1ccc(N(c2ccc3c(c2)CC3)c2ccc3c(c2)C3(C)C)cc1. The predicted molar refractivity (Wildman–Crippen MR) is 115 cm³/mol. The third kappa shape index (κ3) is 2.60. The minimum absolute atomic E-state index is 0.242. The average molecular weight is 354 g/mol. The molecule has 136 valence electrons. The zero-order valence-electron chi connectivity index (χ0n) is 16.7. The van der Waals surface area contributed by atoms with Crippen LogP contribution in [0.5, 0.6) is 0 Å². The van der Waals surface area contributed by atoms with Gasteiger partial charge in [0, 0.05) is 22.5 Å². The zero-order chi connectivity index (χ0) is 18.8. The van der Waals surface area contributed by atoms with Gasteiger partial charge in [0.15, 0.2) is 0 Å². The molecule has 3 aromatic rings. The first kappa shape index (κ1) is 16.6. The molecule has 1 heteroatoms. The summed E-state index contributed by atoms with van der Waals surface area (Å²) in [5.41, 5.74) is 11.4. The molecule has 0 aromatic heterocycles. The molecule has 0 radical (unpaired) electrons. The fourth-order valence-corrected chi connectivity index (χ4v) is 4.36. The second-order valence-electron chi connectivity index (χ2n) is 8.89. The van der Waals surface area contributed by atoms with Gasteiger partial charge >= 0.3 is 0 Å². The van der Waals surface area contributed by atoms with Gasteiger partial charge in [-0.25, -0.2) is 0 Å². The molecule has 1 nitrogen and oxygen atoms in total. The summed E-state index contributed by atoms with van der Waals surface area (Å²) in [7, 11) is 0. The van der Waals surface area contributed by atoms with E-state index in [0.717, 1.165) is 0 Å². The molecule has 0 bridgehead atoms. The van der Waals surface area contributed by atoms with Gasteiger partial charge in [-0.3, -0.25) is 0 Å². The molecule has 0 amide bonds. The Morgan fingerprint density at radius 2 is 1.33 bits per heavy atom. The van der Waals surface area contributed by atoms with Crippen LogP contribution in [-0.4, -0.2) is 0 Å². The molecule has 0 saturated heterocycles. The standard InChI is InChI=1S/C26H27N/c1-17(2)18-7-10-21(11-8-18)27(22-12-9-19-5-6-20(19)15-22)23-13-14-24-25(16-23)26(24,3)4/h7-17H,5-6H2,1-4H3. The molecule has 5 rings (SSSR count). The molecule has 27 heavy (non-hydrogen) atoms. The molecule has 2 aliphatic rings. The van der Waals surface area contributed by atoms with Crippen molar-refractivity contribution in [2.75, 3.05) is 4.90 Å². The van der Waals surface area contributed by atoms with Gasteiger partial charge in [-0.1, -0.05) is 52.0 Å². The Morgan fingerprint density at radius 1 is 0.704 bits per heavy atom. The summed E-state index contributed by atoms with van der Waals surface area (Å²) in [6.07, 6.45) is 2.44. The first-order chi connectivity index (χ1) is 12.9. The highest BCUT2D eigenvalue weighted by Gasteiger charge is 2.41. The minimum Gasteiger partial charge on any atom is -0.310 e. The maximum absolute atomic E-state index is 2.41. The average Bonchev–Trinajstić information content (AvgIpc) is 3.18. The molecule has 0 fully saturated rings. The number of aryl methyl sites for hydroxylation is 2. The summed E-state index contributed by atoms with van der Waals surface area (Å²) in [6.45, 7) is 9.13. The normalized spacial score (nSPS) is 15.7. The lowest BCUT2D eigenvalue weighted by molar-refractivity contribution is 0.793. The molecule has 0 atom stereocenters.